The standard InChI is InChI=1S/C6H8O9S.2Na/c7-1-2(8)4-3(9)5(6(10)14-4)15-16(11,12)13;;/h2,4,7-9H,1H2,(H,11,12,13);;/q;2*+1/p-2/t2-,4+;;/m0../s1. The van der Waals surface area contributed by atoms with Crippen LogP contribution in [0.3, 0.4) is 0 Å². The van der Waals surface area contributed by atoms with Gasteiger partial charge in [-0.15, -0.1) is 0 Å². The second-order valence-corrected chi connectivity index (χ2v) is 3.74. The minimum Gasteiger partial charge on any atom is -0.870 e. The van der Waals surface area contributed by atoms with Gasteiger partial charge in [-0.3, -0.25) is 0 Å². The van der Waals surface area contributed by atoms with E-state index >= 15 is 0 Å². The summed E-state index contributed by atoms with van der Waals surface area (Å²) in [5.74, 6) is -4.12. The molecule has 92 valence electrons. The minimum atomic E-state index is -5.28. The molecule has 1 aliphatic heterocycles. The number of aliphatic hydroxyl groups is 2. The Kier molecular flexibility index (Phi) is 9.36. The average molecular weight is 300 g/mol. The third-order valence-corrected chi connectivity index (χ3v) is 1.99. The van der Waals surface area contributed by atoms with Gasteiger partial charge in [0.15, 0.2) is 0 Å². The molecule has 0 aromatic heterocycles. The SMILES string of the molecule is O=C1O[C@H]([C@@H](O)CO)C([O-])=C1OS(=O)(=O)[O-].[Na+].[Na+]. The zero-order valence-electron chi connectivity index (χ0n) is 9.52. The van der Waals surface area contributed by atoms with Gasteiger partial charge in [-0.2, -0.15) is 0 Å². The van der Waals surface area contributed by atoms with Gasteiger partial charge < -0.3 is 28.8 Å². The summed E-state index contributed by atoms with van der Waals surface area (Å²) in [7, 11) is -5.28. The third-order valence-electron chi connectivity index (χ3n) is 1.62. The summed E-state index contributed by atoms with van der Waals surface area (Å²) < 4.78 is 38.2. The molecular weight excluding hydrogens is 294 g/mol. The van der Waals surface area contributed by atoms with Crippen LogP contribution >= 0.6 is 0 Å². The first-order chi connectivity index (χ1) is 7.26. The molecule has 0 amide bonds. The van der Waals surface area contributed by atoms with Crippen LogP contribution in [0.5, 0.6) is 0 Å². The van der Waals surface area contributed by atoms with Gasteiger partial charge in [-0.25, -0.2) is 13.2 Å². The first-order valence-electron chi connectivity index (χ1n) is 3.82. The van der Waals surface area contributed by atoms with Crippen molar-refractivity contribution in [3.05, 3.63) is 11.5 Å². The van der Waals surface area contributed by atoms with Crippen molar-refractivity contribution in [1.82, 2.24) is 0 Å². The van der Waals surface area contributed by atoms with Gasteiger partial charge in [0.2, 0.25) is 5.76 Å². The number of ether oxygens (including phenoxy) is 1. The Hall–Kier alpha value is 0.640. The summed E-state index contributed by atoms with van der Waals surface area (Å²) in [5, 5.41) is 28.7. The van der Waals surface area contributed by atoms with Crippen LogP contribution in [-0.2, 0) is 24.1 Å². The summed E-state index contributed by atoms with van der Waals surface area (Å²) in [6, 6.07) is 0. The molecule has 0 aliphatic carbocycles. The molecule has 2 N–H and O–H groups in total. The Balaban J connectivity index is 0. The molecule has 0 radical (unpaired) electrons. The molecule has 0 bridgehead atoms. The van der Waals surface area contributed by atoms with Crippen molar-refractivity contribution >= 4 is 16.4 Å². The van der Waals surface area contributed by atoms with Crippen molar-refractivity contribution in [3.63, 3.8) is 0 Å². The van der Waals surface area contributed by atoms with E-state index in [0.29, 0.717) is 0 Å². The minimum absolute atomic E-state index is 0. The number of cyclic esters (lactones) is 1. The van der Waals surface area contributed by atoms with Crippen molar-refractivity contribution in [3.8, 4) is 0 Å². The molecule has 0 saturated heterocycles. The van der Waals surface area contributed by atoms with Crippen LogP contribution in [0.2, 0.25) is 0 Å². The smallest absolute Gasteiger partial charge is 0.870 e. The molecule has 12 heteroatoms. The molecule has 1 rings (SSSR count). The van der Waals surface area contributed by atoms with E-state index in [0.717, 1.165) is 0 Å². The summed E-state index contributed by atoms with van der Waals surface area (Å²) in [6.07, 6.45) is -3.49. The first kappa shape index (κ1) is 20.9. The molecule has 2 atom stereocenters. The van der Waals surface area contributed by atoms with Crippen molar-refractivity contribution < 1.29 is 101 Å². The van der Waals surface area contributed by atoms with Gasteiger partial charge in [-0.1, -0.05) is 0 Å². The van der Waals surface area contributed by atoms with Crippen LogP contribution in [-0.4, -0.2) is 48.0 Å². The second kappa shape index (κ2) is 8.04. The van der Waals surface area contributed by atoms with Crippen LogP contribution in [0.1, 0.15) is 0 Å². The molecule has 0 spiro atoms. The molecule has 0 saturated carbocycles. The number of rotatable bonds is 4. The van der Waals surface area contributed by atoms with E-state index in [4.69, 9.17) is 10.2 Å². The van der Waals surface area contributed by atoms with Crippen LogP contribution in [0.25, 0.3) is 0 Å². The average Bonchev–Trinajstić information content (AvgIpc) is 2.42. The topological polar surface area (TPSA) is 156 Å². The molecule has 0 aromatic rings. The number of aliphatic hydroxyl groups excluding tert-OH is 2. The Labute approximate surface area is 146 Å². The summed E-state index contributed by atoms with van der Waals surface area (Å²) in [6.45, 7) is -0.888. The maximum Gasteiger partial charge on any atom is 1.00 e. The molecule has 0 unspecified atom stereocenters. The summed E-state index contributed by atoms with van der Waals surface area (Å²) in [4.78, 5) is 10.9. The van der Waals surface area contributed by atoms with E-state index in [1.165, 1.54) is 0 Å². The molecule has 1 aliphatic rings. The van der Waals surface area contributed by atoms with Crippen LogP contribution in [0.15, 0.2) is 11.5 Å². The van der Waals surface area contributed by atoms with E-state index < -0.39 is 46.7 Å². The van der Waals surface area contributed by atoms with Crippen molar-refractivity contribution in [1.29, 1.82) is 0 Å². The fourth-order valence-corrected chi connectivity index (χ4v) is 1.33. The number of hydrogen-bond acceptors (Lipinski definition) is 9. The van der Waals surface area contributed by atoms with Crippen molar-refractivity contribution in [2.24, 2.45) is 0 Å². The van der Waals surface area contributed by atoms with Crippen LogP contribution < -0.4 is 64.2 Å². The predicted molar refractivity (Wildman–Crippen MR) is 40.8 cm³/mol. The first-order valence-corrected chi connectivity index (χ1v) is 5.16. The maximum absolute atomic E-state index is 11.2. The van der Waals surface area contributed by atoms with Crippen molar-refractivity contribution in [2.75, 3.05) is 6.61 Å². The van der Waals surface area contributed by atoms with E-state index in [9.17, 15) is 22.9 Å². The predicted octanol–water partition coefficient (Wildman–Crippen LogP) is -9.68. The maximum atomic E-state index is 11.2. The molecular formula is C6H6Na2O9S. The molecule has 9 nitrogen and oxygen atoms in total. The Morgan fingerprint density at radius 1 is 1.44 bits per heavy atom. The van der Waals surface area contributed by atoms with Gasteiger partial charge in [0.05, 0.1) is 6.61 Å². The Morgan fingerprint density at radius 3 is 2.33 bits per heavy atom. The third kappa shape index (κ3) is 5.33. The van der Waals surface area contributed by atoms with Crippen LogP contribution in [0.4, 0.5) is 0 Å². The van der Waals surface area contributed by atoms with Gasteiger partial charge in [0, 0.05) is 0 Å². The van der Waals surface area contributed by atoms with Gasteiger partial charge >= 0.3 is 65.1 Å². The van der Waals surface area contributed by atoms with Gasteiger partial charge in [-0.05, 0) is 5.76 Å². The normalized spacial score (nSPS) is 20.6. The zero-order valence-corrected chi connectivity index (χ0v) is 14.3. The Bertz CT molecular complexity index is 430. The zero-order chi connectivity index (χ0) is 12.5. The van der Waals surface area contributed by atoms with Crippen molar-refractivity contribution in [2.45, 2.75) is 12.2 Å². The number of carbonyl (C=O) groups is 1. The number of hydrogen-bond donors (Lipinski definition) is 2. The largest absolute Gasteiger partial charge is 1.00 e. The Morgan fingerprint density at radius 2 is 1.94 bits per heavy atom. The second-order valence-electron chi connectivity index (χ2n) is 2.76. The summed E-state index contributed by atoms with van der Waals surface area (Å²) >= 11 is 0. The number of carbonyl (C=O) groups excluding carboxylic acids is 1. The quantitative estimate of drug-likeness (QED) is 0.222. The van der Waals surface area contributed by atoms with E-state index in [1.807, 2.05) is 0 Å². The molecule has 1 heterocycles. The monoisotopic (exact) mass is 300 g/mol. The van der Waals surface area contributed by atoms with Gasteiger partial charge in [0.1, 0.15) is 12.2 Å². The van der Waals surface area contributed by atoms with E-state index in [1.54, 1.807) is 0 Å². The fraction of sp³-hybridized carbons (Fsp3) is 0.500. The van der Waals surface area contributed by atoms with Gasteiger partial charge in [0.25, 0.3) is 10.4 Å². The van der Waals surface area contributed by atoms with E-state index in [2.05, 4.69) is 8.92 Å². The molecule has 0 aromatic carbocycles. The number of esters is 1. The molecule has 18 heavy (non-hydrogen) atoms. The molecule has 0 fully saturated rings. The summed E-state index contributed by atoms with van der Waals surface area (Å²) in [5.41, 5.74) is 0. The van der Waals surface area contributed by atoms with E-state index in [-0.39, 0.29) is 59.1 Å². The van der Waals surface area contributed by atoms with Crippen LogP contribution in [0, 0.1) is 0 Å². The fourth-order valence-electron chi connectivity index (χ4n) is 0.978.